The minimum Gasteiger partial charge on any atom is -0.294 e. The summed E-state index contributed by atoms with van der Waals surface area (Å²) in [5.41, 5.74) is 2.40. The van der Waals surface area contributed by atoms with E-state index in [9.17, 15) is 0 Å². The standard InChI is InChI=1S/C15H20N4/c1-12-6-5-7-14(10-12)19-11-16-17-15(19)13(2)18-8-3-4-9-18/h5-7,10-11,13H,3-4,8-9H2,1-2H3/t13-/m1/s1. The highest BCUT2D eigenvalue weighted by atomic mass is 15.3. The first kappa shape index (κ1) is 12.4. The van der Waals surface area contributed by atoms with E-state index in [1.165, 1.54) is 31.5 Å². The smallest absolute Gasteiger partial charge is 0.154 e. The quantitative estimate of drug-likeness (QED) is 0.846. The Bertz CT molecular complexity index is 555. The van der Waals surface area contributed by atoms with E-state index in [4.69, 9.17) is 0 Å². The lowest BCUT2D eigenvalue weighted by atomic mass is 10.2. The molecule has 0 amide bonds. The molecule has 0 bridgehead atoms. The van der Waals surface area contributed by atoms with Gasteiger partial charge in [0, 0.05) is 5.69 Å². The van der Waals surface area contributed by atoms with Crippen LogP contribution in [0.3, 0.4) is 0 Å². The molecule has 0 saturated carbocycles. The molecule has 4 nitrogen and oxygen atoms in total. The first-order valence-electron chi connectivity index (χ1n) is 6.97. The molecule has 0 radical (unpaired) electrons. The lowest BCUT2D eigenvalue weighted by molar-refractivity contribution is 0.251. The zero-order valence-electron chi connectivity index (χ0n) is 11.6. The van der Waals surface area contributed by atoms with E-state index in [-0.39, 0.29) is 0 Å². The van der Waals surface area contributed by atoms with Crippen LogP contribution in [-0.2, 0) is 0 Å². The van der Waals surface area contributed by atoms with Crippen LogP contribution in [0.15, 0.2) is 30.6 Å². The molecule has 1 aromatic heterocycles. The third kappa shape index (κ3) is 2.40. The second-order valence-corrected chi connectivity index (χ2v) is 5.32. The van der Waals surface area contributed by atoms with Gasteiger partial charge in [0.15, 0.2) is 5.82 Å². The molecule has 4 heteroatoms. The average Bonchev–Trinajstić information content (AvgIpc) is 3.09. The van der Waals surface area contributed by atoms with Crippen LogP contribution in [0.1, 0.15) is 37.2 Å². The molecule has 2 aromatic rings. The van der Waals surface area contributed by atoms with Gasteiger partial charge in [0.25, 0.3) is 0 Å². The van der Waals surface area contributed by atoms with Gasteiger partial charge in [-0.15, -0.1) is 10.2 Å². The van der Waals surface area contributed by atoms with Crippen LogP contribution in [0.25, 0.3) is 5.69 Å². The van der Waals surface area contributed by atoms with Gasteiger partial charge in [0.2, 0.25) is 0 Å². The lowest BCUT2D eigenvalue weighted by Crippen LogP contribution is -2.25. The Morgan fingerprint density at radius 3 is 2.74 bits per heavy atom. The number of aryl methyl sites for hydroxylation is 1. The lowest BCUT2D eigenvalue weighted by Gasteiger charge is -2.23. The minimum atomic E-state index is 0.325. The fourth-order valence-corrected chi connectivity index (χ4v) is 2.80. The fourth-order valence-electron chi connectivity index (χ4n) is 2.80. The molecule has 0 spiro atoms. The van der Waals surface area contributed by atoms with Crippen molar-refractivity contribution in [3.8, 4) is 5.69 Å². The highest BCUT2D eigenvalue weighted by molar-refractivity contribution is 5.36. The van der Waals surface area contributed by atoms with Crippen molar-refractivity contribution in [1.82, 2.24) is 19.7 Å². The van der Waals surface area contributed by atoms with E-state index in [0.29, 0.717) is 6.04 Å². The van der Waals surface area contributed by atoms with Gasteiger partial charge in [-0.05, 0) is 57.5 Å². The molecule has 1 aliphatic heterocycles. The highest BCUT2D eigenvalue weighted by Gasteiger charge is 2.23. The maximum Gasteiger partial charge on any atom is 0.154 e. The predicted molar refractivity (Wildman–Crippen MR) is 75.3 cm³/mol. The summed E-state index contributed by atoms with van der Waals surface area (Å²) < 4.78 is 2.11. The Labute approximate surface area is 114 Å². The molecule has 0 N–H and O–H groups in total. The number of benzene rings is 1. The van der Waals surface area contributed by atoms with Crippen LogP contribution in [0.5, 0.6) is 0 Å². The van der Waals surface area contributed by atoms with Crippen molar-refractivity contribution in [1.29, 1.82) is 0 Å². The summed E-state index contributed by atoms with van der Waals surface area (Å²) in [7, 11) is 0. The van der Waals surface area contributed by atoms with E-state index in [1.807, 2.05) is 6.33 Å². The van der Waals surface area contributed by atoms with E-state index in [2.05, 4.69) is 57.8 Å². The maximum atomic E-state index is 4.34. The van der Waals surface area contributed by atoms with E-state index in [1.54, 1.807) is 0 Å². The fraction of sp³-hybridized carbons (Fsp3) is 0.467. The van der Waals surface area contributed by atoms with Crippen molar-refractivity contribution in [3.63, 3.8) is 0 Å². The molecule has 1 aromatic carbocycles. The molecular formula is C15H20N4. The SMILES string of the molecule is Cc1cccc(-n2cnnc2[C@@H](C)N2CCCC2)c1. The summed E-state index contributed by atoms with van der Waals surface area (Å²) in [6.45, 7) is 6.67. The molecule has 2 heterocycles. The van der Waals surface area contributed by atoms with Gasteiger partial charge in [0.1, 0.15) is 6.33 Å². The van der Waals surface area contributed by atoms with Gasteiger partial charge < -0.3 is 0 Å². The van der Waals surface area contributed by atoms with Crippen molar-refractivity contribution in [3.05, 3.63) is 42.0 Å². The summed E-state index contributed by atoms with van der Waals surface area (Å²) in [5.74, 6) is 1.03. The van der Waals surface area contributed by atoms with Gasteiger partial charge in [-0.25, -0.2) is 0 Å². The molecule has 0 aliphatic carbocycles. The average molecular weight is 256 g/mol. The molecule has 1 aliphatic rings. The van der Waals surface area contributed by atoms with Crippen molar-refractivity contribution in [2.75, 3.05) is 13.1 Å². The normalized spacial score (nSPS) is 17.8. The minimum absolute atomic E-state index is 0.325. The van der Waals surface area contributed by atoms with Gasteiger partial charge in [-0.2, -0.15) is 0 Å². The van der Waals surface area contributed by atoms with E-state index < -0.39 is 0 Å². The summed E-state index contributed by atoms with van der Waals surface area (Å²) in [6.07, 6.45) is 4.41. The third-order valence-corrected chi connectivity index (χ3v) is 3.92. The largest absolute Gasteiger partial charge is 0.294 e. The molecule has 100 valence electrons. The van der Waals surface area contributed by atoms with Gasteiger partial charge in [-0.1, -0.05) is 12.1 Å². The molecule has 0 unspecified atom stereocenters. The molecule has 1 saturated heterocycles. The van der Waals surface area contributed by atoms with Crippen LogP contribution >= 0.6 is 0 Å². The first-order valence-corrected chi connectivity index (χ1v) is 6.97. The van der Waals surface area contributed by atoms with Crippen LogP contribution in [0.4, 0.5) is 0 Å². The molecule has 19 heavy (non-hydrogen) atoms. The summed E-state index contributed by atoms with van der Waals surface area (Å²) >= 11 is 0. The Balaban J connectivity index is 1.93. The van der Waals surface area contributed by atoms with Crippen LogP contribution in [0.2, 0.25) is 0 Å². The topological polar surface area (TPSA) is 34.0 Å². The van der Waals surface area contributed by atoms with Crippen molar-refractivity contribution in [2.45, 2.75) is 32.7 Å². The molecular weight excluding hydrogens is 236 g/mol. The third-order valence-electron chi connectivity index (χ3n) is 3.92. The number of likely N-dealkylation sites (tertiary alicyclic amines) is 1. The summed E-state index contributed by atoms with van der Waals surface area (Å²) in [6, 6.07) is 8.79. The number of rotatable bonds is 3. The van der Waals surface area contributed by atoms with Crippen molar-refractivity contribution >= 4 is 0 Å². The first-order chi connectivity index (χ1) is 9.25. The summed E-state index contributed by atoms with van der Waals surface area (Å²) in [4.78, 5) is 2.48. The van der Waals surface area contributed by atoms with Gasteiger partial charge in [0.05, 0.1) is 6.04 Å². The Hall–Kier alpha value is -1.68. The van der Waals surface area contributed by atoms with Crippen molar-refractivity contribution < 1.29 is 0 Å². The Kier molecular flexibility index (Phi) is 3.34. The maximum absolute atomic E-state index is 4.34. The Morgan fingerprint density at radius 1 is 1.21 bits per heavy atom. The number of nitrogens with zero attached hydrogens (tertiary/aromatic N) is 4. The zero-order chi connectivity index (χ0) is 13.2. The highest BCUT2D eigenvalue weighted by Crippen LogP contribution is 2.24. The van der Waals surface area contributed by atoms with Crippen molar-refractivity contribution in [2.24, 2.45) is 0 Å². The number of hydrogen-bond donors (Lipinski definition) is 0. The van der Waals surface area contributed by atoms with Crippen LogP contribution in [-0.4, -0.2) is 32.8 Å². The molecule has 1 fully saturated rings. The number of hydrogen-bond acceptors (Lipinski definition) is 3. The Morgan fingerprint density at radius 2 is 2.00 bits per heavy atom. The monoisotopic (exact) mass is 256 g/mol. The molecule has 3 rings (SSSR count). The second kappa shape index (κ2) is 5.13. The van der Waals surface area contributed by atoms with E-state index in [0.717, 1.165) is 11.5 Å². The van der Waals surface area contributed by atoms with Crippen LogP contribution in [0, 0.1) is 6.92 Å². The predicted octanol–water partition coefficient (Wildman–Crippen LogP) is 2.73. The summed E-state index contributed by atoms with van der Waals surface area (Å²) in [5, 5.41) is 8.44. The van der Waals surface area contributed by atoms with Crippen LogP contribution < -0.4 is 0 Å². The van der Waals surface area contributed by atoms with Gasteiger partial charge >= 0.3 is 0 Å². The van der Waals surface area contributed by atoms with E-state index >= 15 is 0 Å². The number of aromatic nitrogens is 3. The zero-order valence-corrected chi connectivity index (χ0v) is 11.6. The van der Waals surface area contributed by atoms with Gasteiger partial charge in [-0.3, -0.25) is 9.47 Å². The molecule has 1 atom stereocenters. The second-order valence-electron chi connectivity index (χ2n) is 5.32.